The molecule has 0 aromatic carbocycles. The van der Waals surface area contributed by atoms with Crippen molar-refractivity contribution in [3.63, 3.8) is 0 Å². The minimum Gasteiger partial charge on any atom is -0.238 e. The van der Waals surface area contributed by atoms with Crippen molar-refractivity contribution in [1.82, 2.24) is 9.97 Å². The third-order valence-corrected chi connectivity index (χ3v) is 2.06. The number of rotatable bonds is 1. The molecule has 74 valence electrons. The maximum Gasteiger partial charge on any atom is 0.113 e. The van der Waals surface area contributed by atoms with Gasteiger partial charge < -0.3 is 0 Å². The van der Waals surface area contributed by atoms with Crippen molar-refractivity contribution >= 4 is 0 Å². The van der Waals surface area contributed by atoms with E-state index >= 15 is 0 Å². The number of pyridine rings is 2. The lowest BCUT2D eigenvalue weighted by Gasteiger charge is -2.00. The summed E-state index contributed by atoms with van der Waals surface area (Å²) >= 11 is 0. The van der Waals surface area contributed by atoms with Crippen LogP contribution in [0, 0.1) is 24.7 Å². The van der Waals surface area contributed by atoms with E-state index in [1.807, 2.05) is 24.3 Å². The summed E-state index contributed by atoms with van der Waals surface area (Å²) in [4.78, 5) is 8.54. The molecule has 0 atom stereocenters. The van der Waals surface area contributed by atoms with Gasteiger partial charge in [-0.25, -0.2) is 9.97 Å². The molecule has 0 spiro atoms. The molecule has 0 saturated heterocycles. The first-order valence-corrected chi connectivity index (χ1v) is 4.71. The van der Waals surface area contributed by atoms with Gasteiger partial charge in [-0.2, -0.15) is 0 Å². The van der Waals surface area contributed by atoms with E-state index in [1.165, 1.54) is 0 Å². The molecule has 0 saturated carbocycles. The lowest BCUT2D eigenvalue weighted by molar-refractivity contribution is 1.21. The average Bonchev–Trinajstić information content (AvgIpc) is 2.39. The molecule has 2 heteroatoms. The highest BCUT2D eigenvalue weighted by Gasteiger charge is 2.01. The van der Waals surface area contributed by atoms with Crippen molar-refractivity contribution in [1.29, 1.82) is 0 Å². The fourth-order valence-electron chi connectivity index (χ4n) is 1.32. The van der Waals surface area contributed by atoms with Crippen LogP contribution in [-0.2, 0) is 0 Å². The van der Waals surface area contributed by atoms with Crippen LogP contribution in [-0.4, -0.2) is 9.97 Å². The van der Waals surface area contributed by atoms with Crippen molar-refractivity contribution < 1.29 is 0 Å². The summed E-state index contributed by atoms with van der Waals surface area (Å²) in [5.41, 5.74) is 2.64. The smallest absolute Gasteiger partial charge is 0.113 e. The second kappa shape index (κ2) is 4.29. The molecular weight excluding hydrogens is 196 g/mol. The van der Waals surface area contributed by atoms with Gasteiger partial charge in [-0.15, -0.1) is 12.8 Å². The predicted molar refractivity (Wildman–Crippen MR) is 63.3 cm³/mol. The molecule has 0 aliphatic heterocycles. The monoisotopic (exact) mass is 204 g/mol. The topological polar surface area (TPSA) is 25.8 Å². The SMILES string of the molecule is C#Cc1cccc(-c2cccc(C#C)n2)n1. The van der Waals surface area contributed by atoms with Gasteiger partial charge in [-0.05, 0) is 24.3 Å². The summed E-state index contributed by atoms with van der Waals surface area (Å²) < 4.78 is 0. The first-order chi connectivity index (χ1) is 7.83. The van der Waals surface area contributed by atoms with Crippen LogP contribution >= 0.6 is 0 Å². The molecule has 2 aromatic rings. The van der Waals surface area contributed by atoms with Gasteiger partial charge in [-0.1, -0.05) is 24.0 Å². The molecule has 2 rings (SSSR count). The Morgan fingerprint density at radius 1 is 0.750 bits per heavy atom. The molecule has 0 radical (unpaired) electrons. The highest BCUT2D eigenvalue weighted by molar-refractivity contribution is 5.56. The summed E-state index contributed by atoms with van der Waals surface area (Å²) in [6.45, 7) is 0. The van der Waals surface area contributed by atoms with Gasteiger partial charge in [0, 0.05) is 0 Å². The van der Waals surface area contributed by atoms with Crippen molar-refractivity contribution in [3.8, 4) is 36.1 Å². The Balaban J connectivity index is 2.51. The van der Waals surface area contributed by atoms with Gasteiger partial charge in [0.2, 0.25) is 0 Å². The fourth-order valence-corrected chi connectivity index (χ4v) is 1.32. The van der Waals surface area contributed by atoms with E-state index in [1.54, 1.807) is 12.1 Å². The molecule has 0 fully saturated rings. The van der Waals surface area contributed by atoms with E-state index in [9.17, 15) is 0 Å². The van der Waals surface area contributed by atoms with Crippen molar-refractivity contribution in [2.75, 3.05) is 0 Å². The minimum absolute atomic E-state index is 0.588. The fraction of sp³-hybridized carbons (Fsp3) is 0. The zero-order valence-corrected chi connectivity index (χ0v) is 8.51. The van der Waals surface area contributed by atoms with Gasteiger partial charge in [0.1, 0.15) is 11.4 Å². The number of terminal acetylenes is 2. The summed E-state index contributed by atoms with van der Waals surface area (Å²) in [7, 11) is 0. The van der Waals surface area contributed by atoms with Crippen LogP contribution in [0.1, 0.15) is 11.4 Å². The summed E-state index contributed by atoms with van der Waals surface area (Å²) in [5.74, 6) is 4.97. The van der Waals surface area contributed by atoms with Crippen LogP contribution in [0.3, 0.4) is 0 Å². The molecule has 0 unspecified atom stereocenters. The van der Waals surface area contributed by atoms with Gasteiger partial charge in [-0.3, -0.25) is 0 Å². The Kier molecular flexibility index (Phi) is 2.67. The molecule has 16 heavy (non-hydrogen) atoms. The third-order valence-electron chi connectivity index (χ3n) is 2.06. The quantitative estimate of drug-likeness (QED) is 0.665. The van der Waals surface area contributed by atoms with Crippen molar-refractivity contribution in [2.24, 2.45) is 0 Å². The maximum atomic E-state index is 5.29. The van der Waals surface area contributed by atoms with Crippen molar-refractivity contribution in [3.05, 3.63) is 47.8 Å². The molecule has 0 bridgehead atoms. The summed E-state index contributed by atoms with van der Waals surface area (Å²) in [6.07, 6.45) is 10.6. The first kappa shape index (κ1) is 9.96. The highest BCUT2D eigenvalue weighted by Crippen LogP contribution is 2.14. The molecule has 0 aliphatic rings. The van der Waals surface area contributed by atoms with Crippen LogP contribution in [0.4, 0.5) is 0 Å². The molecule has 0 aliphatic carbocycles. The average molecular weight is 204 g/mol. The molecule has 2 nitrogen and oxygen atoms in total. The normalized spacial score (nSPS) is 9.12. The van der Waals surface area contributed by atoms with Gasteiger partial charge in [0.25, 0.3) is 0 Å². The Morgan fingerprint density at radius 2 is 1.19 bits per heavy atom. The Bertz CT molecular complexity index is 545. The zero-order valence-electron chi connectivity index (χ0n) is 8.51. The highest BCUT2D eigenvalue weighted by atomic mass is 14.8. The van der Waals surface area contributed by atoms with Crippen LogP contribution < -0.4 is 0 Å². The van der Waals surface area contributed by atoms with E-state index in [2.05, 4.69) is 21.8 Å². The van der Waals surface area contributed by atoms with E-state index in [0.717, 1.165) is 11.4 Å². The molecule has 2 heterocycles. The Morgan fingerprint density at radius 3 is 1.56 bits per heavy atom. The van der Waals surface area contributed by atoms with E-state index in [4.69, 9.17) is 12.8 Å². The molecule has 0 amide bonds. The number of nitrogens with zero attached hydrogens (tertiary/aromatic N) is 2. The van der Waals surface area contributed by atoms with E-state index < -0.39 is 0 Å². The van der Waals surface area contributed by atoms with Crippen molar-refractivity contribution in [2.45, 2.75) is 0 Å². The van der Waals surface area contributed by atoms with Crippen LogP contribution in [0.15, 0.2) is 36.4 Å². The molecular formula is C14H8N2. The lowest BCUT2D eigenvalue weighted by Crippen LogP contribution is -1.91. The van der Waals surface area contributed by atoms with Gasteiger partial charge >= 0.3 is 0 Å². The van der Waals surface area contributed by atoms with Crippen LogP contribution in [0.2, 0.25) is 0 Å². The van der Waals surface area contributed by atoms with E-state index in [-0.39, 0.29) is 0 Å². The third kappa shape index (κ3) is 1.92. The predicted octanol–water partition coefficient (Wildman–Crippen LogP) is 2.11. The maximum absolute atomic E-state index is 5.29. The standard InChI is InChI=1S/C14H8N2/c1-3-11-7-5-9-13(15-11)14-10-6-8-12(4-2)16-14/h1-2,5-10H. The summed E-state index contributed by atoms with van der Waals surface area (Å²) in [6, 6.07) is 10.9. The number of hydrogen-bond acceptors (Lipinski definition) is 2. The van der Waals surface area contributed by atoms with E-state index in [0.29, 0.717) is 11.4 Å². The van der Waals surface area contributed by atoms with Gasteiger partial charge in [0.15, 0.2) is 0 Å². The lowest BCUT2D eigenvalue weighted by atomic mass is 10.2. The summed E-state index contributed by atoms with van der Waals surface area (Å²) in [5, 5.41) is 0. The van der Waals surface area contributed by atoms with Crippen LogP contribution in [0.25, 0.3) is 11.4 Å². The largest absolute Gasteiger partial charge is 0.238 e. The Labute approximate surface area is 94.4 Å². The molecule has 2 aromatic heterocycles. The molecule has 0 N–H and O–H groups in total. The number of hydrogen-bond donors (Lipinski definition) is 0. The Hall–Kier alpha value is -2.58. The second-order valence-electron chi connectivity index (χ2n) is 3.10. The minimum atomic E-state index is 0.588. The number of aromatic nitrogens is 2. The second-order valence-corrected chi connectivity index (χ2v) is 3.10. The van der Waals surface area contributed by atoms with Gasteiger partial charge in [0.05, 0.1) is 11.4 Å². The first-order valence-electron chi connectivity index (χ1n) is 4.71. The van der Waals surface area contributed by atoms with Crippen LogP contribution in [0.5, 0.6) is 0 Å². The zero-order chi connectivity index (χ0) is 11.4.